The molecule has 0 aromatic carbocycles. The molecule has 0 saturated carbocycles. The van der Waals surface area contributed by atoms with Crippen molar-refractivity contribution in [3.63, 3.8) is 0 Å². The SMILES string of the molecule is CC(Nc1ccc(C(=O)O)o1)c1nncn1C. The third kappa shape index (κ3) is 2.27. The largest absolute Gasteiger partial charge is 0.475 e. The lowest BCUT2D eigenvalue weighted by Gasteiger charge is -2.11. The number of anilines is 1. The van der Waals surface area contributed by atoms with Crippen LogP contribution in [0.1, 0.15) is 29.3 Å². The van der Waals surface area contributed by atoms with E-state index in [4.69, 9.17) is 9.52 Å². The first-order valence-corrected chi connectivity index (χ1v) is 5.01. The quantitative estimate of drug-likeness (QED) is 0.830. The molecular formula is C10H12N4O3. The number of carbonyl (C=O) groups is 1. The highest BCUT2D eigenvalue weighted by atomic mass is 16.4. The average molecular weight is 236 g/mol. The maximum Gasteiger partial charge on any atom is 0.371 e. The van der Waals surface area contributed by atoms with Crippen molar-refractivity contribution < 1.29 is 14.3 Å². The summed E-state index contributed by atoms with van der Waals surface area (Å²) in [5.74, 6) is -0.0711. The van der Waals surface area contributed by atoms with Crippen LogP contribution < -0.4 is 5.32 Å². The zero-order valence-corrected chi connectivity index (χ0v) is 9.41. The fourth-order valence-corrected chi connectivity index (χ4v) is 1.49. The van der Waals surface area contributed by atoms with Crippen molar-refractivity contribution >= 4 is 11.9 Å². The number of aromatic carboxylic acids is 1. The van der Waals surface area contributed by atoms with Crippen molar-refractivity contribution in [1.29, 1.82) is 0 Å². The molecule has 1 unspecified atom stereocenters. The molecule has 1 atom stereocenters. The summed E-state index contributed by atoms with van der Waals surface area (Å²) in [5, 5.41) is 19.4. The number of nitrogens with one attached hydrogen (secondary N) is 1. The van der Waals surface area contributed by atoms with E-state index >= 15 is 0 Å². The van der Waals surface area contributed by atoms with Gasteiger partial charge in [-0.25, -0.2) is 4.79 Å². The van der Waals surface area contributed by atoms with Crippen LogP contribution in [0.15, 0.2) is 22.9 Å². The second-order valence-electron chi connectivity index (χ2n) is 3.64. The molecule has 7 heteroatoms. The number of carboxylic acids is 1. The molecule has 0 aliphatic heterocycles. The standard InChI is InChI=1S/C10H12N4O3/c1-6(9-13-11-5-14(9)2)12-8-4-3-7(17-8)10(15)16/h3-6,12H,1-2H3,(H,15,16). The van der Waals surface area contributed by atoms with Crippen molar-refractivity contribution in [3.8, 4) is 0 Å². The highest BCUT2D eigenvalue weighted by Gasteiger charge is 2.14. The van der Waals surface area contributed by atoms with Gasteiger partial charge in [-0.1, -0.05) is 0 Å². The Kier molecular flexibility index (Phi) is 2.82. The summed E-state index contributed by atoms with van der Waals surface area (Å²) in [6.45, 7) is 1.88. The molecule has 0 bridgehead atoms. The van der Waals surface area contributed by atoms with E-state index in [0.717, 1.165) is 5.82 Å². The van der Waals surface area contributed by atoms with E-state index in [9.17, 15) is 4.79 Å². The Bertz CT molecular complexity index is 531. The number of furan rings is 1. The van der Waals surface area contributed by atoms with Gasteiger partial charge >= 0.3 is 5.97 Å². The first-order chi connectivity index (χ1) is 8.08. The monoisotopic (exact) mass is 236 g/mol. The van der Waals surface area contributed by atoms with Crippen LogP contribution in [0.2, 0.25) is 0 Å². The molecule has 0 saturated heterocycles. The van der Waals surface area contributed by atoms with Crippen LogP contribution in [-0.2, 0) is 7.05 Å². The van der Waals surface area contributed by atoms with Gasteiger partial charge in [0.15, 0.2) is 11.7 Å². The zero-order valence-electron chi connectivity index (χ0n) is 9.41. The molecule has 7 nitrogen and oxygen atoms in total. The Hall–Kier alpha value is -2.31. The molecule has 0 aliphatic carbocycles. The summed E-state index contributed by atoms with van der Waals surface area (Å²) < 4.78 is 6.86. The molecule has 2 N–H and O–H groups in total. The molecule has 2 aromatic rings. The zero-order chi connectivity index (χ0) is 12.4. The average Bonchev–Trinajstić information content (AvgIpc) is 2.86. The van der Waals surface area contributed by atoms with Crippen molar-refractivity contribution in [3.05, 3.63) is 30.0 Å². The van der Waals surface area contributed by atoms with Crippen molar-refractivity contribution in [2.24, 2.45) is 7.05 Å². The third-order valence-electron chi connectivity index (χ3n) is 2.31. The maximum absolute atomic E-state index is 10.6. The predicted molar refractivity (Wildman–Crippen MR) is 58.7 cm³/mol. The molecule has 0 aliphatic rings. The Labute approximate surface area is 97.1 Å². The number of aryl methyl sites for hydroxylation is 1. The molecule has 0 amide bonds. The Morgan fingerprint density at radius 1 is 1.59 bits per heavy atom. The van der Waals surface area contributed by atoms with E-state index in [1.807, 2.05) is 14.0 Å². The first-order valence-electron chi connectivity index (χ1n) is 5.01. The van der Waals surface area contributed by atoms with E-state index < -0.39 is 5.97 Å². The van der Waals surface area contributed by atoms with Crippen LogP contribution in [0.4, 0.5) is 5.88 Å². The fourth-order valence-electron chi connectivity index (χ4n) is 1.49. The summed E-state index contributed by atoms with van der Waals surface area (Å²) in [4.78, 5) is 10.6. The van der Waals surface area contributed by atoms with Crippen LogP contribution in [-0.4, -0.2) is 25.8 Å². The van der Waals surface area contributed by atoms with Crippen LogP contribution in [0, 0.1) is 0 Å². The number of rotatable bonds is 4. The number of carboxylic acid groups (broad SMARTS) is 1. The number of hydrogen-bond donors (Lipinski definition) is 2. The second kappa shape index (κ2) is 4.28. The van der Waals surface area contributed by atoms with Gasteiger partial charge in [-0.05, 0) is 13.0 Å². The Morgan fingerprint density at radius 2 is 2.35 bits per heavy atom. The van der Waals surface area contributed by atoms with Crippen molar-refractivity contribution in [2.75, 3.05) is 5.32 Å². The summed E-state index contributed by atoms with van der Waals surface area (Å²) in [6.07, 6.45) is 1.60. The van der Waals surface area contributed by atoms with E-state index in [1.54, 1.807) is 17.0 Å². The van der Waals surface area contributed by atoms with Gasteiger partial charge in [0.1, 0.15) is 6.33 Å². The maximum atomic E-state index is 10.6. The summed E-state index contributed by atoms with van der Waals surface area (Å²) in [7, 11) is 1.83. The van der Waals surface area contributed by atoms with Crippen LogP contribution in [0.5, 0.6) is 0 Å². The lowest BCUT2D eigenvalue weighted by atomic mass is 10.3. The van der Waals surface area contributed by atoms with Gasteiger partial charge in [0.25, 0.3) is 0 Å². The van der Waals surface area contributed by atoms with Gasteiger partial charge in [-0.2, -0.15) is 0 Å². The van der Waals surface area contributed by atoms with Gasteiger partial charge in [0.2, 0.25) is 5.76 Å². The molecule has 2 aromatic heterocycles. The molecule has 90 valence electrons. The number of nitrogens with zero attached hydrogens (tertiary/aromatic N) is 3. The lowest BCUT2D eigenvalue weighted by molar-refractivity contribution is 0.0663. The van der Waals surface area contributed by atoms with E-state index in [2.05, 4.69) is 15.5 Å². The highest BCUT2D eigenvalue weighted by Crippen LogP contribution is 2.19. The minimum absolute atomic E-state index is 0.0994. The molecule has 0 spiro atoms. The second-order valence-corrected chi connectivity index (χ2v) is 3.64. The van der Waals surface area contributed by atoms with E-state index in [1.165, 1.54) is 6.07 Å². The van der Waals surface area contributed by atoms with Crippen LogP contribution in [0.3, 0.4) is 0 Å². The summed E-state index contributed by atoms with van der Waals surface area (Å²) in [6, 6.07) is 2.83. The number of hydrogen-bond acceptors (Lipinski definition) is 5. The van der Waals surface area contributed by atoms with Gasteiger partial charge in [0, 0.05) is 13.1 Å². The first kappa shape index (κ1) is 11.2. The minimum Gasteiger partial charge on any atom is -0.475 e. The highest BCUT2D eigenvalue weighted by molar-refractivity contribution is 5.84. The molecular weight excluding hydrogens is 224 g/mol. The molecule has 0 fully saturated rings. The molecule has 2 rings (SSSR count). The lowest BCUT2D eigenvalue weighted by Crippen LogP contribution is -2.11. The normalized spacial score (nSPS) is 12.4. The molecule has 2 heterocycles. The Balaban J connectivity index is 2.10. The summed E-state index contributed by atoms with van der Waals surface area (Å²) >= 11 is 0. The van der Waals surface area contributed by atoms with Crippen molar-refractivity contribution in [2.45, 2.75) is 13.0 Å². The Morgan fingerprint density at radius 3 is 2.88 bits per heavy atom. The fraction of sp³-hybridized carbons (Fsp3) is 0.300. The number of aromatic nitrogens is 3. The minimum atomic E-state index is -1.09. The van der Waals surface area contributed by atoms with Gasteiger partial charge < -0.3 is 19.4 Å². The van der Waals surface area contributed by atoms with Crippen molar-refractivity contribution in [1.82, 2.24) is 14.8 Å². The predicted octanol–water partition coefficient (Wildman–Crippen LogP) is 1.28. The molecule has 17 heavy (non-hydrogen) atoms. The van der Waals surface area contributed by atoms with E-state index in [-0.39, 0.29) is 11.8 Å². The van der Waals surface area contributed by atoms with E-state index in [0.29, 0.717) is 5.88 Å². The van der Waals surface area contributed by atoms with Gasteiger partial charge in [-0.3, -0.25) is 0 Å². The third-order valence-corrected chi connectivity index (χ3v) is 2.31. The van der Waals surface area contributed by atoms with Gasteiger partial charge in [-0.15, -0.1) is 10.2 Å². The van der Waals surface area contributed by atoms with Gasteiger partial charge in [0.05, 0.1) is 6.04 Å². The smallest absolute Gasteiger partial charge is 0.371 e. The van der Waals surface area contributed by atoms with Crippen LogP contribution >= 0.6 is 0 Å². The topological polar surface area (TPSA) is 93.2 Å². The van der Waals surface area contributed by atoms with Crippen LogP contribution in [0.25, 0.3) is 0 Å². The summed E-state index contributed by atoms with van der Waals surface area (Å²) in [5.41, 5.74) is 0. The molecule has 0 radical (unpaired) electrons.